The number of piperidine rings is 1. The van der Waals surface area contributed by atoms with Crippen LogP contribution in [0, 0.1) is 18.7 Å². The molecule has 30 heavy (non-hydrogen) atoms. The first-order valence-electron chi connectivity index (χ1n) is 10.6. The van der Waals surface area contributed by atoms with Gasteiger partial charge in [-0.2, -0.15) is 0 Å². The maximum absolute atomic E-state index is 15.8. The monoisotopic (exact) mass is 527 g/mol. The van der Waals surface area contributed by atoms with Gasteiger partial charge in [0.1, 0.15) is 11.4 Å². The number of methoxy groups -OCH3 is 1. The molecule has 2 unspecified atom stereocenters. The third-order valence-electron chi connectivity index (χ3n) is 5.91. The summed E-state index contributed by atoms with van der Waals surface area (Å²) in [6.45, 7) is 4.15. The normalized spacial score (nSPS) is 19.8. The molecule has 6 heteroatoms. The van der Waals surface area contributed by atoms with Gasteiger partial charge in [0.05, 0.1) is 0 Å². The van der Waals surface area contributed by atoms with Crippen LogP contribution in [0.3, 0.4) is 0 Å². The van der Waals surface area contributed by atoms with Crippen LogP contribution in [-0.4, -0.2) is 35.8 Å². The van der Waals surface area contributed by atoms with Crippen LogP contribution in [0.15, 0.2) is 42.5 Å². The summed E-state index contributed by atoms with van der Waals surface area (Å²) in [4.78, 5) is 0. The molecule has 164 valence electrons. The number of halogens is 2. The van der Waals surface area contributed by atoms with Gasteiger partial charge in [0.2, 0.25) is 0 Å². The molecule has 2 aromatic rings. The largest absolute Gasteiger partial charge is 0.454 e. The van der Waals surface area contributed by atoms with Gasteiger partial charge in [-0.3, -0.25) is 0 Å². The molecule has 0 bridgehead atoms. The molecule has 2 N–H and O–H groups in total. The topological polar surface area (TPSA) is 50.7 Å². The van der Waals surface area contributed by atoms with Crippen molar-refractivity contribution >= 4 is 22.6 Å². The van der Waals surface area contributed by atoms with Crippen LogP contribution < -0.4 is 10.1 Å². The molecule has 1 aliphatic rings. The summed E-state index contributed by atoms with van der Waals surface area (Å²) in [6, 6.07) is 12.6. The Morgan fingerprint density at radius 3 is 2.70 bits per heavy atom. The Bertz CT molecular complexity index is 828. The Balaban J connectivity index is 1.97. The molecule has 1 heterocycles. The molecular weight excluding hydrogens is 496 g/mol. The highest BCUT2D eigenvalue weighted by molar-refractivity contribution is 14.1. The summed E-state index contributed by atoms with van der Waals surface area (Å²) in [7, 11) is 1.67. The summed E-state index contributed by atoms with van der Waals surface area (Å²) >= 11 is 2.28. The Morgan fingerprint density at radius 1 is 1.23 bits per heavy atom. The Morgan fingerprint density at radius 2 is 2.00 bits per heavy atom. The molecule has 1 saturated heterocycles. The van der Waals surface area contributed by atoms with Gasteiger partial charge >= 0.3 is 0 Å². The molecule has 3 atom stereocenters. The predicted octanol–water partition coefficient (Wildman–Crippen LogP) is 5.34. The van der Waals surface area contributed by atoms with Gasteiger partial charge in [0, 0.05) is 35.7 Å². The van der Waals surface area contributed by atoms with Crippen molar-refractivity contribution < 1.29 is 19.0 Å². The Kier molecular flexibility index (Phi) is 8.51. The summed E-state index contributed by atoms with van der Waals surface area (Å²) in [5, 5.41) is 15.4. The van der Waals surface area contributed by atoms with Crippen LogP contribution in [0.4, 0.5) is 4.39 Å². The lowest BCUT2D eigenvalue weighted by Gasteiger charge is -2.42. The average molecular weight is 527 g/mol. The van der Waals surface area contributed by atoms with E-state index in [0.717, 1.165) is 37.8 Å². The van der Waals surface area contributed by atoms with E-state index in [1.807, 2.05) is 31.2 Å². The van der Waals surface area contributed by atoms with Gasteiger partial charge in [-0.25, -0.2) is 4.39 Å². The SMILES string of the molecule is COCCCC(I)[C@@](O)(c1cccc(Oc2ccccc2C)c1F)C1CCCNC1. The fraction of sp³-hybridized carbons (Fsp3) is 0.500. The number of para-hydroxylation sites is 1. The maximum atomic E-state index is 15.8. The van der Waals surface area contributed by atoms with Gasteiger partial charge in [-0.15, -0.1) is 0 Å². The van der Waals surface area contributed by atoms with E-state index in [0.29, 0.717) is 24.5 Å². The number of ether oxygens (including phenoxy) is 2. The molecule has 0 spiro atoms. The number of aryl methyl sites for hydroxylation is 1. The Hall–Kier alpha value is -1.22. The smallest absolute Gasteiger partial charge is 0.171 e. The fourth-order valence-electron chi connectivity index (χ4n) is 4.19. The van der Waals surface area contributed by atoms with Crippen molar-refractivity contribution in [3.8, 4) is 11.5 Å². The van der Waals surface area contributed by atoms with E-state index in [1.54, 1.807) is 25.3 Å². The zero-order valence-electron chi connectivity index (χ0n) is 17.7. The molecule has 0 aromatic heterocycles. The third-order valence-corrected chi connectivity index (χ3v) is 7.48. The van der Waals surface area contributed by atoms with Gasteiger partial charge in [0.25, 0.3) is 0 Å². The predicted molar refractivity (Wildman–Crippen MR) is 126 cm³/mol. The second-order valence-electron chi connectivity index (χ2n) is 7.96. The lowest BCUT2D eigenvalue weighted by Crippen LogP contribution is -2.50. The Labute approximate surface area is 192 Å². The van der Waals surface area contributed by atoms with E-state index in [9.17, 15) is 5.11 Å². The van der Waals surface area contributed by atoms with Crippen molar-refractivity contribution in [2.24, 2.45) is 5.92 Å². The van der Waals surface area contributed by atoms with Crippen LogP contribution in [0.25, 0.3) is 0 Å². The van der Waals surface area contributed by atoms with Crippen LogP contribution in [0.2, 0.25) is 0 Å². The second-order valence-corrected chi connectivity index (χ2v) is 9.46. The lowest BCUT2D eigenvalue weighted by molar-refractivity contribution is -0.0365. The number of benzene rings is 2. The summed E-state index contributed by atoms with van der Waals surface area (Å²) < 4.78 is 26.7. The number of rotatable bonds is 9. The van der Waals surface area contributed by atoms with Crippen LogP contribution >= 0.6 is 22.6 Å². The van der Waals surface area contributed by atoms with Gasteiger partial charge < -0.3 is 19.9 Å². The summed E-state index contributed by atoms with van der Waals surface area (Å²) in [5.74, 6) is 0.202. The van der Waals surface area contributed by atoms with Crippen molar-refractivity contribution in [1.82, 2.24) is 5.32 Å². The van der Waals surface area contributed by atoms with Crippen molar-refractivity contribution in [3.63, 3.8) is 0 Å². The van der Waals surface area contributed by atoms with E-state index >= 15 is 4.39 Å². The standard InChI is InChI=1S/C24H31FINO3/c1-17-8-3-4-11-20(17)30-21-12-5-10-19(23(21)25)24(28,18-9-6-14-27-16-18)22(26)13-7-15-29-2/h3-5,8,10-12,18,22,27-28H,6-7,9,13-16H2,1-2H3/t18?,22?,24-/m0/s1. The zero-order chi connectivity index (χ0) is 21.6. The highest BCUT2D eigenvalue weighted by Gasteiger charge is 2.46. The minimum Gasteiger partial charge on any atom is -0.454 e. The van der Waals surface area contributed by atoms with Crippen LogP contribution in [-0.2, 0) is 10.3 Å². The fourth-order valence-corrected chi connectivity index (χ4v) is 5.47. The first-order chi connectivity index (χ1) is 14.5. The van der Waals surface area contributed by atoms with E-state index in [4.69, 9.17) is 9.47 Å². The quantitative estimate of drug-likeness (QED) is 0.263. The molecule has 1 fully saturated rings. The van der Waals surface area contributed by atoms with Crippen molar-refractivity contribution in [1.29, 1.82) is 0 Å². The van der Waals surface area contributed by atoms with Crippen molar-refractivity contribution in [2.45, 2.75) is 42.1 Å². The van der Waals surface area contributed by atoms with Crippen molar-refractivity contribution in [2.75, 3.05) is 26.8 Å². The molecule has 1 aliphatic heterocycles. The van der Waals surface area contributed by atoms with Crippen molar-refractivity contribution in [3.05, 3.63) is 59.4 Å². The number of nitrogens with one attached hydrogen (secondary N) is 1. The minimum absolute atomic E-state index is 0.0705. The maximum Gasteiger partial charge on any atom is 0.171 e. The molecule has 0 saturated carbocycles. The highest BCUT2D eigenvalue weighted by atomic mass is 127. The average Bonchev–Trinajstić information content (AvgIpc) is 2.77. The van der Waals surface area contributed by atoms with E-state index in [2.05, 4.69) is 27.9 Å². The first kappa shape index (κ1) is 23.4. The third kappa shape index (κ3) is 5.15. The molecule has 4 nitrogen and oxygen atoms in total. The summed E-state index contributed by atoms with van der Waals surface area (Å²) in [6.07, 6.45) is 3.38. The molecule has 3 rings (SSSR count). The minimum atomic E-state index is -1.29. The molecule has 0 radical (unpaired) electrons. The zero-order valence-corrected chi connectivity index (χ0v) is 19.8. The molecule has 2 aromatic carbocycles. The first-order valence-corrected chi connectivity index (χ1v) is 11.8. The van der Waals surface area contributed by atoms with Gasteiger partial charge in [-0.1, -0.05) is 52.9 Å². The number of aliphatic hydroxyl groups is 1. The highest BCUT2D eigenvalue weighted by Crippen LogP contribution is 2.45. The van der Waals surface area contributed by atoms with E-state index in [1.165, 1.54) is 0 Å². The molecular formula is C24H31FINO3. The molecule has 0 aliphatic carbocycles. The van der Waals surface area contributed by atoms with Crippen LogP contribution in [0.5, 0.6) is 11.5 Å². The lowest BCUT2D eigenvalue weighted by atomic mass is 9.74. The summed E-state index contributed by atoms with van der Waals surface area (Å²) in [5.41, 5.74) is -0.0452. The number of alkyl halides is 1. The van der Waals surface area contributed by atoms with Gasteiger partial charge in [-0.05, 0) is 56.8 Å². The van der Waals surface area contributed by atoms with Crippen LogP contribution in [0.1, 0.15) is 36.8 Å². The molecule has 0 amide bonds. The second kappa shape index (κ2) is 10.9. The van der Waals surface area contributed by atoms with E-state index in [-0.39, 0.29) is 15.6 Å². The van der Waals surface area contributed by atoms with Gasteiger partial charge in [0.15, 0.2) is 11.6 Å². The number of hydrogen-bond acceptors (Lipinski definition) is 4. The van der Waals surface area contributed by atoms with E-state index < -0.39 is 11.4 Å². The number of hydrogen-bond donors (Lipinski definition) is 2.